The zero-order valence-corrected chi connectivity index (χ0v) is 11.6. The van der Waals surface area contributed by atoms with Gasteiger partial charge in [0.15, 0.2) is 0 Å². The van der Waals surface area contributed by atoms with Crippen LogP contribution in [0.2, 0.25) is 5.02 Å². The van der Waals surface area contributed by atoms with Gasteiger partial charge in [-0.05, 0) is 19.3 Å². The van der Waals surface area contributed by atoms with Gasteiger partial charge in [-0.25, -0.2) is 0 Å². The summed E-state index contributed by atoms with van der Waals surface area (Å²) in [4.78, 5) is 14.2. The second-order valence-electron chi connectivity index (χ2n) is 5.47. The van der Waals surface area contributed by atoms with Crippen molar-refractivity contribution < 1.29 is 4.79 Å². The molecule has 0 saturated carbocycles. The van der Waals surface area contributed by atoms with Gasteiger partial charge in [0.1, 0.15) is 0 Å². The van der Waals surface area contributed by atoms with Crippen molar-refractivity contribution in [3.63, 3.8) is 0 Å². The molecule has 102 valence electrons. The molecule has 2 heterocycles. The van der Waals surface area contributed by atoms with Gasteiger partial charge in [0, 0.05) is 37.7 Å². The minimum Gasteiger partial charge on any atom is -0.342 e. The molecule has 1 atom stereocenters. The molecule has 4 nitrogen and oxygen atoms in total. The second kappa shape index (κ2) is 5.37. The van der Waals surface area contributed by atoms with Crippen LogP contribution in [0.4, 0.5) is 0 Å². The normalized spacial score (nSPS) is 23.4. The summed E-state index contributed by atoms with van der Waals surface area (Å²) in [5, 5.41) is 4.84. The summed E-state index contributed by atoms with van der Waals surface area (Å²) in [5.41, 5.74) is 0. The van der Waals surface area contributed by atoms with Gasteiger partial charge in [0.2, 0.25) is 5.91 Å². The van der Waals surface area contributed by atoms with Gasteiger partial charge in [-0.1, -0.05) is 23.8 Å². The molecule has 1 aromatic rings. The standard InChI is InChI=1S/C14H18ClN3O/c15-13-6-16-18(10-13)9-11-7-17(8-11)14(19)12-4-2-1-3-5-12/h1-2,6,10-12H,3-5,7-9H2. The number of halogens is 1. The highest BCUT2D eigenvalue weighted by Gasteiger charge is 2.34. The van der Waals surface area contributed by atoms with Gasteiger partial charge in [0.25, 0.3) is 0 Å². The van der Waals surface area contributed by atoms with Crippen LogP contribution < -0.4 is 0 Å². The maximum atomic E-state index is 12.2. The van der Waals surface area contributed by atoms with Crippen LogP contribution in [0.5, 0.6) is 0 Å². The number of likely N-dealkylation sites (tertiary alicyclic amines) is 1. The van der Waals surface area contributed by atoms with E-state index in [1.807, 2.05) is 15.8 Å². The maximum absolute atomic E-state index is 12.2. The summed E-state index contributed by atoms with van der Waals surface area (Å²) in [5.74, 6) is 1.06. The molecule has 5 heteroatoms. The van der Waals surface area contributed by atoms with Gasteiger partial charge < -0.3 is 4.90 Å². The third-order valence-electron chi connectivity index (χ3n) is 3.93. The number of allylic oxidation sites excluding steroid dienone is 2. The Labute approximate surface area is 118 Å². The lowest BCUT2D eigenvalue weighted by Gasteiger charge is -2.41. The smallest absolute Gasteiger partial charge is 0.226 e. The van der Waals surface area contributed by atoms with Crippen molar-refractivity contribution in [2.24, 2.45) is 11.8 Å². The number of nitrogens with zero attached hydrogens (tertiary/aromatic N) is 3. The lowest BCUT2D eigenvalue weighted by Crippen LogP contribution is -2.53. The Kier molecular flexibility index (Phi) is 3.60. The molecule has 1 amide bonds. The van der Waals surface area contributed by atoms with Gasteiger partial charge in [-0.3, -0.25) is 9.48 Å². The average molecular weight is 280 g/mol. The van der Waals surface area contributed by atoms with Gasteiger partial charge in [-0.15, -0.1) is 0 Å². The van der Waals surface area contributed by atoms with E-state index in [4.69, 9.17) is 11.6 Å². The molecule has 0 radical (unpaired) electrons. The van der Waals surface area contributed by atoms with Crippen LogP contribution in [0, 0.1) is 11.8 Å². The van der Waals surface area contributed by atoms with E-state index in [0.717, 1.165) is 38.9 Å². The minimum absolute atomic E-state index is 0.213. The van der Waals surface area contributed by atoms with Crippen molar-refractivity contribution in [1.29, 1.82) is 0 Å². The molecule has 1 aliphatic heterocycles. The number of hydrogen-bond acceptors (Lipinski definition) is 2. The first-order chi connectivity index (χ1) is 9.22. The molecule has 1 saturated heterocycles. The summed E-state index contributed by atoms with van der Waals surface area (Å²) in [7, 11) is 0. The highest BCUT2D eigenvalue weighted by Crippen LogP contribution is 2.26. The Hall–Kier alpha value is -1.29. The van der Waals surface area contributed by atoms with E-state index in [1.54, 1.807) is 6.20 Å². The number of hydrogen-bond donors (Lipinski definition) is 0. The zero-order chi connectivity index (χ0) is 13.2. The predicted molar refractivity (Wildman–Crippen MR) is 73.8 cm³/mol. The lowest BCUT2D eigenvalue weighted by molar-refractivity contribution is -0.142. The highest BCUT2D eigenvalue weighted by atomic mass is 35.5. The predicted octanol–water partition coefficient (Wildman–Crippen LogP) is 2.35. The quantitative estimate of drug-likeness (QED) is 0.797. The lowest BCUT2D eigenvalue weighted by atomic mass is 9.90. The molecule has 2 aliphatic rings. The van der Waals surface area contributed by atoms with Crippen molar-refractivity contribution in [2.75, 3.05) is 13.1 Å². The van der Waals surface area contributed by atoms with Crippen molar-refractivity contribution in [1.82, 2.24) is 14.7 Å². The first-order valence-corrected chi connectivity index (χ1v) is 7.22. The molecular formula is C14H18ClN3O. The monoisotopic (exact) mass is 279 g/mol. The molecule has 3 rings (SSSR count). The number of rotatable bonds is 3. The molecule has 1 aliphatic carbocycles. The van der Waals surface area contributed by atoms with Crippen molar-refractivity contribution in [2.45, 2.75) is 25.8 Å². The molecule has 0 spiro atoms. The summed E-state index contributed by atoms with van der Waals surface area (Å²) in [6, 6.07) is 0. The van der Waals surface area contributed by atoms with E-state index in [1.165, 1.54) is 0 Å². The van der Waals surface area contributed by atoms with E-state index in [0.29, 0.717) is 16.8 Å². The summed E-state index contributed by atoms with van der Waals surface area (Å²) >= 11 is 5.83. The SMILES string of the molecule is O=C(C1CC=CCC1)N1CC(Cn2cc(Cl)cn2)C1. The number of amides is 1. The average Bonchev–Trinajstić information content (AvgIpc) is 2.79. The van der Waals surface area contributed by atoms with E-state index < -0.39 is 0 Å². The van der Waals surface area contributed by atoms with E-state index in [9.17, 15) is 4.79 Å². The number of carbonyl (C=O) groups is 1. The van der Waals surface area contributed by atoms with Crippen molar-refractivity contribution >= 4 is 17.5 Å². The molecule has 1 fully saturated rings. The van der Waals surface area contributed by atoms with Crippen LogP contribution >= 0.6 is 11.6 Å². The highest BCUT2D eigenvalue weighted by molar-refractivity contribution is 6.30. The second-order valence-corrected chi connectivity index (χ2v) is 5.91. The van der Waals surface area contributed by atoms with Crippen LogP contribution in [-0.4, -0.2) is 33.7 Å². The van der Waals surface area contributed by atoms with Gasteiger partial charge >= 0.3 is 0 Å². The fourth-order valence-electron chi connectivity index (χ4n) is 2.84. The van der Waals surface area contributed by atoms with Crippen LogP contribution in [0.15, 0.2) is 24.5 Å². The third kappa shape index (κ3) is 2.84. The molecular weight excluding hydrogens is 262 g/mol. The molecule has 1 aromatic heterocycles. The third-order valence-corrected chi connectivity index (χ3v) is 4.13. The minimum atomic E-state index is 0.213. The Balaban J connectivity index is 1.47. The van der Waals surface area contributed by atoms with Gasteiger partial charge in [0.05, 0.1) is 11.2 Å². The van der Waals surface area contributed by atoms with Gasteiger partial charge in [-0.2, -0.15) is 5.10 Å². The van der Waals surface area contributed by atoms with Crippen LogP contribution in [0.25, 0.3) is 0 Å². The summed E-state index contributed by atoms with van der Waals surface area (Å²) in [6.07, 6.45) is 10.7. The van der Waals surface area contributed by atoms with Crippen molar-refractivity contribution in [3.05, 3.63) is 29.6 Å². The maximum Gasteiger partial charge on any atom is 0.226 e. The summed E-state index contributed by atoms with van der Waals surface area (Å²) in [6.45, 7) is 2.56. The Morgan fingerprint density at radius 2 is 2.26 bits per heavy atom. The van der Waals surface area contributed by atoms with E-state index in [-0.39, 0.29) is 5.92 Å². The van der Waals surface area contributed by atoms with E-state index in [2.05, 4.69) is 17.3 Å². The first kappa shape index (κ1) is 12.7. The molecule has 1 unspecified atom stereocenters. The topological polar surface area (TPSA) is 38.1 Å². The molecule has 19 heavy (non-hydrogen) atoms. The number of aromatic nitrogens is 2. The Bertz CT molecular complexity index is 491. The van der Waals surface area contributed by atoms with Crippen molar-refractivity contribution in [3.8, 4) is 0 Å². The van der Waals surface area contributed by atoms with E-state index >= 15 is 0 Å². The fraction of sp³-hybridized carbons (Fsp3) is 0.571. The molecule has 0 N–H and O–H groups in total. The molecule has 0 bridgehead atoms. The van der Waals surface area contributed by atoms with Crippen LogP contribution in [0.3, 0.4) is 0 Å². The Morgan fingerprint density at radius 1 is 1.42 bits per heavy atom. The Morgan fingerprint density at radius 3 is 2.89 bits per heavy atom. The first-order valence-electron chi connectivity index (χ1n) is 6.84. The van der Waals surface area contributed by atoms with Crippen LogP contribution in [-0.2, 0) is 11.3 Å². The summed E-state index contributed by atoms with van der Waals surface area (Å²) < 4.78 is 1.86. The largest absolute Gasteiger partial charge is 0.342 e. The molecule has 0 aromatic carbocycles. The zero-order valence-electron chi connectivity index (χ0n) is 10.8. The number of carbonyl (C=O) groups excluding carboxylic acids is 1. The fourth-order valence-corrected chi connectivity index (χ4v) is 3.00. The van der Waals surface area contributed by atoms with Crippen LogP contribution in [0.1, 0.15) is 19.3 Å².